The lowest BCUT2D eigenvalue weighted by Gasteiger charge is -2.35. The number of aryl methyl sites for hydroxylation is 2. The molecule has 0 saturated carbocycles. The van der Waals surface area contributed by atoms with Gasteiger partial charge in [0.25, 0.3) is 0 Å². The molecule has 1 aliphatic rings. The zero-order valence-corrected chi connectivity index (χ0v) is 19.4. The van der Waals surface area contributed by atoms with Crippen LogP contribution < -0.4 is 10.6 Å². The van der Waals surface area contributed by atoms with Gasteiger partial charge in [0.05, 0.1) is 18.9 Å². The van der Waals surface area contributed by atoms with Crippen LogP contribution in [0.3, 0.4) is 0 Å². The van der Waals surface area contributed by atoms with Gasteiger partial charge in [-0.3, -0.25) is 14.6 Å². The van der Waals surface area contributed by atoms with Crippen LogP contribution in [0.2, 0.25) is 0 Å². The van der Waals surface area contributed by atoms with E-state index >= 15 is 0 Å². The van der Waals surface area contributed by atoms with E-state index in [1.165, 1.54) is 12.1 Å². The number of nitrogens with zero attached hydrogens (tertiary/aromatic N) is 4. The Morgan fingerprint density at radius 2 is 1.93 bits per heavy atom. The van der Waals surface area contributed by atoms with Crippen LogP contribution in [-0.2, 0) is 11.3 Å². The number of morpholine rings is 1. The summed E-state index contributed by atoms with van der Waals surface area (Å²) in [5, 5.41) is 11.6. The summed E-state index contributed by atoms with van der Waals surface area (Å²) < 4.78 is 7.63. The van der Waals surface area contributed by atoms with E-state index in [0.717, 1.165) is 64.1 Å². The highest BCUT2D eigenvalue weighted by molar-refractivity contribution is 5.79. The summed E-state index contributed by atoms with van der Waals surface area (Å²) in [5.74, 6) is 2.01. The van der Waals surface area contributed by atoms with Crippen molar-refractivity contribution in [2.45, 2.75) is 60.5 Å². The van der Waals surface area contributed by atoms with Gasteiger partial charge in [-0.05, 0) is 45.1 Å². The molecule has 1 saturated heterocycles. The zero-order chi connectivity index (χ0) is 21.2. The van der Waals surface area contributed by atoms with Gasteiger partial charge >= 0.3 is 0 Å². The average molecular weight is 407 g/mol. The molecule has 7 nitrogen and oxygen atoms in total. The van der Waals surface area contributed by atoms with E-state index < -0.39 is 0 Å². The zero-order valence-electron chi connectivity index (χ0n) is 19.4. The highest BCUT2D eigenvalue weighted by Crippen LogP contribution is 2.13. The maximum atomic E-state index is 5.54. The maximum Gasteiger partial charge on any atom is 0.191 e. The molecule has 1 aromatic heterocycles. The van der Waals surface area contributed by atoms with Gasteiger partial charge in [0.1, 0.15) is 0 Å². The van der Waals surface area contributed by atoms with Crippen LogP contribution in [-0.4, -0.2) is 72.6 Å². The lowest BCUT2D eigenvalue weighted by molar-refractivity contribution is 0.0132. The molecule has 2 N–H and O–H groups in total. The Morgan fingerprint density at radius 3 is 2.52 bits per heavy atom. The molecule has 1 aromatic rings. The van der Waals surface area contributed by atoms with E-state index in [2.05, 4.69) is 66.0 Å². The molecule has 2 unspecified atom stereocenters. The summed E-state index contributed by atoms with van der Waals surface area (Å²) in [6.45, 7) is 20.3. The van der Waals surface area contributed by atoms with E-state index in [4.69, 9.17) is 9.73 Å². The number of ether oxygens (including phenoxy) is 1. The minimum absolute atomic E-state index is 0.425. The summed E-state index contributed by atoms with van der Waals surface area (Å²) in [6.07, 6.45) is 1.18. The lowest BCUT2D eigenvalue weighted by Crippen LogP contribution is -2.51. The molecule has 0 aromatic carbocycles. The van der Waals surface area contributed by atoms with Crippen LogP contribution in [0.1, 0.15) is 45.5 Å². The minimum Gasteiger partial charge on any atom is -0.379 e. The first-order chi connectivity index (χ1) is 13.9. The van der Waals surface area contributed by atoms with Gasteiger partial charge in [-0.1, -0.05) is 20.8 Å². The van der Waals surface area contributed by atoms with Crippen molar-refractivity contribution in [3.8, 4) is 0 Å². The second-order valence-corrected chi connectivity index (χ2v) is 8.75. The Bertz CT molecular complexity index is 621. The van der Waals surface area contributed by atoms with Crippen molar-refractivity contribution >= 4 is 5.96 Å². The molecule has 0 bridgehead atoms. The number of aliphatic imine (C=N–C) groups is 1. The van der Waals surface area contributed by atoms with E-state index in [-0.39, 0.29) is 0 Å². The smallest absolute Gasteiger partial charge is 0.191 e. The van der Waals surface area contributed by atoms with Crippen molar-refractivity contribution in [2.75, 3.05) is 45.9 Å². The molecule has 0 radical (unpaired) electrons. The molecule has 1 aliphatic heterocycles. The van der Waals surface area contributed by atoms with Crippen molar-refractivity contribution in [2.24, 2.45) is 16.8 Å². The first kappa shape index (κ1) is 23.7. The van der Waals surface area contributed by atoms with Gasteiger partial charge in [-0.15, -0.1) is 0 Å². The Hall–Kier alpha value is -1.60. The number of nitrogens with one attached hydrogen (secondary N) is 2. The topological polar surface area (TPSA) is 66.7 Å². The van der Waals surface area contributed by atoms with E-state index in [0.29, 0.717) is 17.9 Å². The molecule has 2 rings (SSSR count). The Morgan fingerprint density at radius 1 is 1.21 bits per heavy atom. The third kappa shape index (κ3) is 8.34. The van der Waals surface area contributed by atoms with Gasteiger partial charge in [0.15, 0.2) is 5.96 Å². The van der Waals surface area contributed by atoms with Crippen molar-refractivity contribution in [3.63, 3.8) is 0 Å². The number of guanidine groups is 1. The van der Waals surface area contributed by atoms with Gasteiger partial charge < -0.3 is 15.4 Å². The summed E-state index contributed by atoms with van der Waals surface area (Å²) >= 11 is 0. The van der Waals surface area contributed by atoms with Crippen LogP contribution in [0.25, 0.3) is 0 Å². The van der Waals surface area contributed by atoms with Gasteiger partial charge in [0.2, 0.25) is 0 Å². The minimum atomic E-state index is 0.425. The molecule has 7 heteroatoms. The fourth-order valence-electron chi connectivity index (χ4n) is 3.86. The first-order valence-corrected chi connectivity index (χ1v) is 11.2. The molecular weight excluding hydrogens is 364 g/mol. The molecule has 0 amide bonds. The van der Waals surface area contributed by atoms with Crippen molar-refractivity contribution in [3.05, 3.63) is 17.5 Å². The number of aromatic nitrogens is 2. The fraction of sp³-hybridized carbons (Fsp3) is 0.818. The quantitative estimate of drug-likeness (QED) is 0.461. The highest BCUT2D eigenvalue weighted by Gasteiger charge is 2.22. The number of hydrogen-bond acceptors (Lipinski definition) is 4. The van der Waals surface area contributed by atoms with Crippen molar-refractivity contribution in [1.82, 2.24) is 25.3 Å². The average Bonchev–Trinajstić information content (AvgIpc) is 3.00. The predicted octanol–water partition coefficient (Wildman–Crippen LogP) is 2.44. The van der Waals surface area contributed by atoms with Crippen LogP contribution >= 0.6 is 0 Å². The number of rotatable bonds is 10. The highest BCUT2D eigenvalue weighted by atomic mass is 16.5. The van der Waals surface area contributed by atoms with Crippen LogP contribution in [0.15, 0.2) is 11.1 Å². The van der Waals surface area contributed by atoms with Gasteiger partial charge in [0, 0.05) is 51.0 Å². The van der Waals surface area contributed by atoms with Crippen LogP contribution in [0, 0.1) is 25.7 Å². The second kappa shape index (κ2) is 12.2. The van der Waals surface area contributed by atoms with Crippen molar-refractivity contribution < 1.29 is 4.74 Å². The monoisotopic (exact) mass is 406 g/mol. The van der Waals surface area contributed by atoms with E-state index in [1.807, 2.05) is 6.92 Å². The normalized spacial score (nSPS) is 18.1. The van der Waals surface area contributed by atoms with Gasteiger partial charge in [-0.25, -0.2) is 0 Å². The largest absolute Gasteiger partial charge is 0.379 e. The Balaban J connectivity index is 1.91. The SMILES string of the molecule is CCNC(=NCC(C)Cn1nc(C)cc1C)NCC(CC(C)C)N1CCOCC1. The molecule has 166 valence electrons. The Labute approximate surface area is 177 Å². The molecule has 0 aliphatic carbocycles. The molecule has 0 spiro atoms. The molecule has 1 fully saturated rings. The third-order valence-electron chi connectivity index (χ3n) is 5.30. The summed E-state index contributed by atoms with van der Waals surface area (Å²) in [6, 6.07) is 2.64. The molecule has 29 heavy (non-hydrogen) atoms. The standard InChI is InChI=1S/C22H42N6O/c1-7-23-22(24-14-18(4)16-28-20(6)13-19(5)26-28)25-15-21(12-17(2)3)27-8-10-29-11-9-27/h13,17-18,21H,7-12,14-16H2,1-6H3,(H2,23,24,25). The van der Waals surface area contributed by atoms with Gasteiger partial charge in [-0.2, -0.15) is 5.10 Å². The maximum absolute atomic E-state index is 5.54. The second-order valence-electron chi connectivity index (χ2n) is 8.75. The molecule has 2 heterocycles. The van der Waals surface area contributed by atoms with Crippen LogP contribution in [0.4, 0.5) is 0 Å². The third-order valence-corrected chi connectivity index (χ3v) is 5.30. The summed E-state index contributed by atoms with van der Waals surface area (Å²) in [4.78, 5) is 7.41. The van der Waals surface area contributed by atoms with Crippen LogP contribution in [0.5, 0.6) is 0 Å². The summed E-state index contributed by atoms with van der Waals surface area (Å²) in [7, 11) is 0. The number of hydrogen-bond donors (Lipinski definition) is 2. The van der Waals surface area contributed by atoms with E-state index in [9.17, 15) is 0 Å². The Kier molecular flexibility index (Phi) is 9.94. The van der Waals surface area contributed by atoms with Crippen molar-refractivity contribution in [1.29, 1.82) is 0 Å². The fourth-order valence-corrected chi connectivity index (χ4v) is 3.86. The van der Waals surface area contributed by atoms with E-state index in [1.54, 1.807) is 0 Å². The lowest BCUT2D eigenvalue weighted by atomic mass is 10.0. The summed E-state index contributed by atoms with van der Waals surface area (Å²) in [5.41, 5.74) is 2.29. The first-order valence-electron chi connectivity index (χ1n) is 11.2. The molecular formula is C22H42N6O. The predicted molar refractivity (Wildman–Crippen MR) is 120 cm³/mol. The molecule has 2 atom stereocenters.